The number of hydrogen-bond donors (Lipinski definition) is 1. The second-order valence-corrected chi connectivity index (χ2v) is 9.28. The van der Waals surface area contributed by atoms with E-state index in [-0.39, 0.29) is 10.8 Å². The van der Waals surface area contributed by atoms with Crippen LogP contribution in [0.4, 0.5) is 5.69 Å². The van der Waals surface area contributed by atoms with Crippen molar-refractivity contribution in [3.05, 3.63) is 53.6 Å². The van der Waals surface area contributed by atoms with E-state index in [1.165, 1.54) is 16.4 Å². The number of aryl methyl sites for hydroxylation is 1. The first kappa shape index (κ1) is 21.3. The Morgan fingerprint density at radius 2 is 1.76 bits per heavy atom. The Kier molecular flexibility index (Phi) is 6.59. The standard InChI is InChI=1S/C22H28N2O4S/c1-4-20(28-21-9-7-8-16(2)17(21)3)22(25)23-18-10-12-19(13-11-18)29(26,27)24-14-5-6-15-24/h7-13,20H,4-6,14-15H2,1-3H3,(H,23,25)/t20-/m1/s1. The molecule has 1 saturated heterocycles. The Morgan fingerprint density at radius 3 is 2.38 bits per heavy atom. The highest BCUT2D eigenvalue weighted by atomic mass is 32.2. The van der Waals surface area contributed by atoms with E-state index in [1.807, 2.05) is 39.0 Å². The molecule has 6 nitrogen and oxygen atoms in total. The lowest BCUT2D eigenvalue weighted by Gasteiger charge is -2.19. The van der Waals surface area contributed by atoms with Gasteiger partial charge in [-0.2, -0.15) is 4.31 Å². The number of nitrogens with zero attached hydrogens (tertiary/aromatic N) is 1. The van der Waals surface area contributed by atoms with E-state index in [9.17, 15) is 13.2 Å². The Balaban J connectivity index is 1.68. The van der Waals surface area contributed by atoms with Crippen LogP contribution < -0.4 is 10.1 Å². The molecular formula is C22H28N2O4S. The number of nitrogens with one attached hydrogen (secondary N) is 1. The monoisotopic (exact) mass is 416 g/mol. The third-order valence-electron chi connectivity index (χ3n) is 5.31. The number of ether oxygens (including phenoxy) is 1. The van der Waals surface area contributed by atoms with Crippen LogP contribution in [-0.4, -0.2) is 37.8 Å². The average Bonchev–Trinajstić information content (AvgIpc) is 3.25. The van der Waals surface area contributed by atoms with Crippen LogP contribution in [0.3, 0.4) is 0 Å². The topological polar surface area (TPSA) is 75.7 Å². The fourth-order valence-electron chi connectivity index (χ4n) is 3.34. The van der Waals surface area contributed by atoms with E-state index < -0.39 is 16.1 Å². The summed E-state index contributed by atoms with van der Waals surface area (Å²) < 4.78 is 32.7. The maximum atomic E-state index is 12.7. The minimum atomic E-state index is -3.46. The molecule has 0 bridgehead atoms. The fourth-order valence-corrected chi connectivity index (χ4v) is 4.85. The zero-order valence-corrected chi connectivity index (χ0v) is 18.0. The highest BCUT2D eigenvalue weighted by molar-refractivity contribution is 7.89. The van der Waals surface area contributed by atoms with E-state index >= 15 is 0 Å². The molecule has 156 valence electrons. The molecular weight excluding hydrogens is 388 g/mol. The molecule has 0 unspecified atom stereocenters. The minimum Gasteiger partial charge on any atom is -0.480 e. The Labute approximate surface area is 172 Å². The van der Waals surface area contributed by atoms with Crippen molar-refractivity contribution in [2.75, 3.05) is 18.4 Å². The molecule has 0 radical (unpaired) electrons. The van der Waals surface area contributed by atoms with Gasteiger partial charge in [-0.25, -0.2) is 8.42 Å². The number of carbonyl (C=O) groups excluding carboxylic acids is 1. The first-order chi connectivity index (χ1) is 13.8. The lowest BCUT2D eigenvalue weighted by molar-refractivity contribution is -0.122. The number of amides is 1. The molecule has 3 rings (SSSR count). The molecule has 2 aromatic carbocycles. The first-order valence-electron chi connectivity index (χ1n) is 9.97. The van der Waals surface area contributed by atoms with Crippen molar-refractivity contribution in [2.45, 2.75) is 51.0 Å². The third-order valence-corrected chi connectivity index (χ3v) is 7.22. The highest BCUT2D eigenvalue weighted by Gasteiger charge is 2.27. The maximum absolute atomic E-state index is 12.7. The zero-order chi connectivity index (χ0) is 21.0. The predicted octanol–water partition coefficient (Wildman–Crippen LogP) is 3.88. The summed E-state index contributed by atoms with van der Waals surface area (Å²) in [5.74, 6) is 0.433. The lowest BCUT2D eigenvalue weighted by atomic mass is 10.1. The van der Waals surface area contributed by atoms with Gasteiger partial charge in [0, 0.05) is 18.8 Å². The lowest BCUT2D eigenvalue weighted by Crippen LogP contribution is -2.32. The second kappa shape index (κ2) is 8.97. The Bertz CT molecular complexity index is 965. The fraction of sp³-hybridized carbons (Fsp3) is 0.409. The minimum absolute atomic E-state index is 0.246. The number of benzene rings is 2. The summed E-state index contributed by atoms with van der Waals surface area (Å²) >= 11 is 0. The molecule has 1 aliphatic heterocycles. The molecule has 1 N–H and O–H groups in total. The number of anilines is 1. The van der Waals surface area contributed by atoms with Crippen molar-refractivity contribution in [2.24, 2.45) is 0 Å². The van der Waals surface area contributed by atoms with E-state index in [4.69, 9.17) is 4.74 Å². The molecule has 1 heterocycles. The van der Waals surface area contributed by atoms with Gasteiger partial charge >= 0.3 is 0 Å². The van der Waals surface area contributed by atoms with Crippen molar-refractivity contribution in [3.63, 3.8) is 0 Å². The molecule has 2 aromatic rings. The van der Waals surface area contributed by atoms with E-state index in [0.29, 0.717) is 30.9 Å². The van der Waals surface area contributed by atoms with Crippen molar-refractivity contribution >= 4 is 21.6 Å². The van der Waals surface area contributed by atoms with E-state index in [2.05, 4.69) is 5.32 Å². The quantitative estimate of drug-likeness (QED) is 0.743. The molecule has 0 spiro atoms. The van der Waals surface area contributed by atoms with E-state index in [0.717, 1.165) is 24.0 Å². The van der Waals surface area contributed by atoms with Crippen molar-refractivity contribution in [1.82, 2.24) is 4.31 Å². The van der Waals surface area contributed by atoms with Gasteiger partial charge in [0.2, 0.25) is 10.0 Å². The normalized spacial score (nSPS) is 15.8. The number of hydrogen-bond acceptors (Lipinski definition) is 4. The van der Waals surface area contributed by atoms with E-state index in [1.54, 1.807) is 12.1 Å². The summed E-state index contributed by atoms with van der Waals surface area (Å²) in [4.78, 5) is 12.9. The summed E-state index contributed by atoms with van der Waals surface area (Å²) in [6, 6.07) is 12.1. The van der Waals surface area contributed by atoms with Gasteiger partial charge < -0.3 is 10.1 Å². The Morgan fingerprint density at radius 1 is 1.10 bits per heavy atom. The SMILES string of the molecule is CC[C@@H](Oc1cccc(C)c1C)C(=O)Nc1ccc(S(=O)(=O)N2CCCC2)cc1. The summed E-state index contributed by atoms with van der Waals surface area (Å²) in [5.41, 5.74) is 2.65. The number of sulfonamides is 1. The largest absolute Gasteiger partial charge is 0.480 e. The average molecular weight is 417 g/mol. The van der Waals surface area contributed by atoms with Crippen LogP contribution in [0.2, 0.25) is 0 Å². The van der Waals surface area contributed by atoms with Crippen LogP contribution in [0.5, 0.6) is 5.75 Å². The van der Waals surface area contributed by atoms with Crippen LogP contribution in [0, 0.1) is 13.8 Å². The van der Waals surface area contributed by atoms with Crippen molar-refractivity contribution < 1.29 is 17.9 Å². The molecule has 1 atom stereocenters. The molecule has 7 heteroatoms. The number of rotatable bonds is 7. The maximum Gasteiger partial charge on any atom is 0.265 e. The van der Waals surface area contributed by atoms with Gasteiger partial charge in [-0.15, -0.1) is 0 Å². The summed E-state index contributed by atoms with van der Waals surface area (Å²) in [6.07, 6.45) is 1.67. The second-order valence-electron chi connectivity index (χ2n) is 7.34. The van der Waals surface area contributed by atoms with Gasteiger partial charge in [-0.05, 0) is 74.6 Å². The third kappa shape index (κ3) is 4.79. The van der Waals surface area contributed by atoms with Crippen molar-refractivity contribution in [1.29, 1.82) is 0 Å². The summed E-state index contributed by atoms with van der Waals surface area (Å²) in [7, 11) is -3.46. The molecule has 0 saturated carbocycles. The Hall–Kier alpha value is -2.38. The molecule has 29 heavy (non-hydrogen) atoms. The first-order valence-corrected chi connectivity index (χ1v) is 11.4. The highest BCUT2D eigenvalue weighted by Crippen LogP contribution is 2.24. The zero-order valence-electron chi connectivity index (χ0n) is 17.1. The van der Waals surface area contributed by atoms with Crippen LogP contribution in [-0.2, 0) is 14.8 Å². The van der Waals surface area contributed by atoms with Crippen molar-refractivity contribution in [3.8, 4) is 5.75 Å². The van der Waals surface area contributed by atoms with Gasteiger partial charge in [0.05, 0.1) is 4.90 Å². The van der Waals surface area contributed by atoms with Crippen LogP contribution >= 0.6 is 0 Å². The van der Waals surface area contributed by atoms with Gasteiger partial charge in [0.25, 0.3) is 5.91 Å². The summed E-state index contributed by atoms with van der Waals surface area (Å²) in [6.45, 7) is 6.99. The van der Waals surface area contributed by atoms with Gasteiger partial charge in [-0.3, -0.25) is 4.79 Å². The van der Waals surface area contributed by atoms with Crippen LogP contribution in [0.15, 0.2) is 47.4 Å². The molecule has 1 fully saturated rings. The van der Waals surface area contributed by atoms with Gasteiger partial charge in [0.1, 0.15) is 5.75 Å². The smallest absolute Gasteiger partial charge is 0.265 e. The van der Waals surface area contributed by atoms with Crippen LogP contribution in [0.1, 0.15) is 37.3 Å². The number of carbonyl (C=O) groups is 1. The van der Waals surface area contributed by atoms with Crippen LogP contribution in [0.25, 0.3) is 0 Å². The van der Waals surface area contributed by atoms with Gasteiger partial charge in [0.15, 0.2) is 6.10 Å². The van der Waals surface area contributed by atoms with Gasteiger partial charge in [-0.1, -0.05) is 19.1 Å². The molecule has 1 amide bonds. The summed E-state index contributed by atoms with van der Waals surface area (Å²) in [5, 5.41) is 2.82. The molecule has 0 aliphatic carbocycles. The molecule has 1 aliphatic rings. The predicted molar refractivity (Wildman–Crippen MR) is 114 cm³/mol. The molecule has 0 aromatic heterocycles.